The summed E-state index contributed by atoms with van der Waals surface area (Å²) >= 11 is 11.4. The summed E-state index contributed by atoms with van der Waals surface area (Å²) in [4.78, 5) is 0. The fourth-order valence-electron chi connectivity index (χ4n) is 0. The van der Waals surface area contributed by atoms with E-state index in [4.69, 9.17) is 22.2 Å². The highest BCUT2D eigenvalue weighted by molar-refractivity contribution is 7.45. The van der Waals surface area contributed by atoms with Crippen LogP contribution in [-0.4, -0.2) is 6.69 Å². The SMILES string of the molecule is [CH2+]C(C)[Si](C)(Cl)Cl. The first-order valence-electron chi connectivity index (χ1n) is 2.15. The van der Waals surface area contributed by atoms with Crippen LogP contribution in [0.5, 0.6) is 0 Å². The molecular weight excluding hydrogens is 147 g/mol. The molecule has 1 unspecified atom stereocenters. The van der Waals surface area contributed by atoms with Gasteiger partial charge in [0.2, 0.25) is 0 Å². The molecule has 0 radical (unpaired) electrons. The molecule has 0 saturated heterocycles. The molecule has 0 amide bonds. The molecular formula is C4H9Cl2Si+. The minimum Gasteiger partial charge on any atom is -0.141 e. The van der Waals surface area contributed by atoms with Crippen molar-refractivity contribution in [2.45, 2.75) is 19.0 Å². The van der Waals surface area contributed by atoms with Crippen molar-refractivity contribution in [3.8, 4) is 0 Å². The quantitative estimate of drug-likeness (QED) is 0.311. The predicted molar refractivity (Wildman–Crippen MR) is 38.1 cm³/mol. The highest BCUT2D eigenvalue weighted by Crippen LogP contribution is 2.27. The van der Waals surface area contributed by atoms with Crippen molar-refractivity contribution < 1.29 is 0 Å². The zero-order chi connectivity index (χ0) is 6.08. The van der Waals surface area contributed by atoms with E-state index >= 15 is 0 Å². The summed E-state index contributed by atoms with van der Waals surface area (Å²) in [7, 11) is 0. The molecule has 0 aromatic rings. The molecule has 3 heteroatoms. The third kappa shape index (κ3) is 3.27. The van der Waals surface area contributed by atoms with Gasteiger partial charge in [-0.25, -0.2) is 0 Å². The van der Waals surface area contributed by atoms with Gasteiger partial charge >= 0.3 is 0 Å². The van der Waals surface area contributed by atoms with E-state index in [0.29, 0.717) is 0 Å². The van der Waals surface area contributed by atoms with Gasteiger partial charge in [-0.15, -0.1) is 22.2 Å². The highest BCUT2D eigenvalue weighted by atomic mass is 35.7. The Hall–Kier alpha value is 0.667. The van der Waals surface area contributed by atoms with E-state index in [9.17, 15) is 0 Å². The van der Waals surface area contributed by atoms with Crippen LogP contribution in [0.2, 0.25) is 12.1 Å². The molecule has 0 aromatic heterocycles. The average molecular weight is 156 g/mol. The van der Waals surface area contributed by atoms with Crippen molar-refractivity contribution >= 4 is 28.9 Å². The van der Waals surface area contributed by atoms with E-state index in [1.165, 1.54) is 0 Å². The molecule has 1 atom stereocenters. The minimum atomic E-state index is -1.90. The molecule has 42 valence electrons. The Morgan fingerprint density at radius 2 is 1.71 bits per heavy atom. The second-order valence-electron chi connectivity index (χ2n) is 1.86. The van der Waals surface area contributed by atoms with E-state index in [-0.39, 0.29) is 5.54 Å². The van der Waals surface area contributed by atoms with Crippen molar-refractivity contribution in [3.63, 3.8) is 0 Å². The highest BCUT2D eigenvalue weighted by Gasteiger charge is 2.31. The fourth-order valence-corrected chi connectivity index (χ4v) is 0. The van der Waals surface area contributed by atoms with Gasteiger partial charge in [0.25, 0.3) is 6.69 Å². The topological polar surface area (TPSA) is 0 Å². The summed E-state index contributed by atoms with van der Waals surface area (Å²) in [5.41, 5.74) is 0.218. The van der Waals surface area contributed by atoms with E-state index in [0.717, 1.165) is 0 Å². The van der Waals surface area contributed by atoms with E-state index < -0.39 is 6.69 Å². The van der Waals surface area contributed by atoms with Crippen LogP contribution in [-0.2, 0) is 0 Å². The molecule has 0 saturated carbocycles. The van der Waals surface area contributed by atoms with Crippen molar-refractivity contribution in [1.29, 1.82) is 0 Å². The molecule has 0 nitrogen and oxygen atoms in total. The van der Waals surface area contributed by atoms with Gasteiger partial charge in [-0.05, 0) is 13.5 Å². The van der Waals surface area contributed by atoms with Crippen LogP contribution < -0.4 is 0 Å². The molecule has 0 bridgehead atoms. The molecule has 0 aliphatic carbocycles. The Labute approximate surface area is 55.2 Å². The van der Waals surface area contributed by atoms with Crippen LogP contribution in [0.3, 0.4) is 0 Å². The minimum absolute atomic E-state index is 0.218. The van der Waals surface area contributed by atoms with Crippen LogP contribution in [0.25, 0.3) is 0 Å². The largest absolute Gasteiger partial charge is 0.296 e. The lowest BCUT2D eigenvalue weighted by atomic mass is 10.6. The number of halogens is 2. The molecule has 7 heavy (non-hydrogen) atoms. The smallest absolute Gasteiger partial charge is 0.141 e. The van der Waals surface area contributed by atoms with E-state index in [1.807, 2.05) is 13.5 Å². The van der Waals surface area contributed by atoms with Gasteiger partial charge in [-0.1, -0.05) is 0 Å². The monoisotopic (exact) mass is 155 g/mol. The van der Waals surface area contributed by atoms with Crippen LogP contribution in [0, 0.1) is 6.92 Å². The zero-order valence-corrected chi connectivity index (χ0v) is 7.05. The van der Waals surface area contributed by atoms with Crippen molar-refractivity contribution in [3.05, 3.63) is 6.92 Å². The van der Waals surface area contributed by atoms with Crippen LogP contribution in [0.1, 0.15) is 6.92 Å². The Bertz CT molecular complexity index is 55.2. The second kappa shape index (κ2) is 2.29. The van der Waals surface area contributed by atoms with Gasteiger partial charge in [-0.3, -0.25) is 0 Å². The van der Waals surface area contributed by atoms with Crippen LogP contribution >= 0.6 is 22.2 Å². The van der Waals surface area contributed by atoms with Crippen LogP contribution in [0.4, 0.5) is 0 Å². The zero-order valence-electron chi connectivity index (χ0n) is 4.54. The van der Waals surface area contributed by atoms with Crippen molar-refractivity contribution in [2.75, 3.05) is 0 Å². The molecule has 0 N–H and O–H groups in total. The van der Waals surface area contributed by atoms with Gasteiger partial charge in [-0.2, -0.15) is 0 Å². The lowest BCUT2D eigenvalue weighted by Gasteiger charge is -2.06. The molecule has 0 rings (SSSR count). The first kappa shape index (κ1) is 7.67. The van der Waals surface area contributed by atoms with Gasteiger partial charge in [0, 0.05) is 0 Å². The Morgan fingerprint density at radius 1 is 1.57 bits per heavy atom. The first-order valence-corrected chi connectivity index (χ1v) is 6.75. The van der Waals surface area contributed by atoms with Gasteiger partial charge in [0.15, 0.2) is 0 Å². The first-order chi connectivity index (χ1) is 2.94. The molecule has 0 aliphatic rings. The van der Waals surface area contributed by atoms with Gasteiger partial charge < -0.3 is 0 Å². The Morgan fingerprint density at radius 3 is 1.71 bits per heavy atom. The molecule has 0 aromatic carbocycles. The van der Waals surface area contributed by atoms with Gasteiger partial charge in [0.05, 0.1) is 6.92 Å². The maximum atomic E-state index is 5.71. The lowest BCUT2D eigenvalue weighted by Crippen LogP contribution is -2.17. The lowest BCUT2D eigenvalue weighted by molar-refractivity contribution is 1.17. The molecule has 0 fully saturated rings. The summed E-state index contributed by atoms with van der Waals surface area (Å²) in [5.74, 6) is 0. The van der Waals surface area contributed by atoms with E-state index in [1.54, 1.807) is 0 Å². The van der Waals surface area contributed by atoms with Crippen LogP contribution in [0.15, 0.2) is 0 Å². The third-order valence-electron chi connectivity index (χ3n) is 0.865. The number of hydrogen-bond acceptors (Lipinski definition) is 0. The maximum Gasteiger partial charge on any atom is 0.296 e. The summed E-state index contributed by atoms with van der Waals surface area (Å²) in [6.45, 7) is 5.61. The normalized spacial score (nSPS) is 16.6. The molecule has 0 spiro atoms. The maximum absolute atomic E-state index is 5.71. The number of rotatable bonds is 1. The molecule has 0 heterocycles. The van der Waals surface area contributed by atoms with Crippen molar-refractivity contribution in [1.82, 2.24) is 0 Å². The average Bonchev–Trinajstić information content (AvgIpc) is 1.31. The summed E-state index contributed by atoms with van der Waals surface area (Å²) in [6.07, 6.45) is 0. The Balaban J connectivity index is 3.54. The fraction of sp³-hybridized carbons (Fsp3) is 0.750. The van der Waals surface area contributed by atoms with E-state index in [2.05, 4.69) is 6.92 Å². The summed E-state index contributed by atoms with van der Waals surface area (Å²) < 4.78 is 0. The molecule has 0 aliphatic heterocycles. The summed E-state index contributed by atoms with van der Waals surface area (Å²) in [6, 6.07) is 0. The summed E-state index contributed by atoms with van der Waals surface area (Å²) in [5, 5.41) is 0. The predicted octanol–water partition coefficient (Wildman–Crippen LogP) is 2.76. The van der Waals surface area contributed by atoms with Crippen molar-refractivity contribution in [2.24, 2.45) is 0 Å². The second-order valence-corrected chi connectivity index (χ2v) is 10.0. The third-order valence-corrected chi connectivity index (χ3v) is 4.83. The van der Waals surface area contributed by atoms with Gasteiger partial charge in [0.1, 0.15) is 5.54 Å². The standard InChI is InChI=1S/C4H9Cl2Si/c1-4(2)7(3,5)6/h4H,1H2,2-3H3/q+1. The Kier molecular flexibility index (Phi) is 2.51. The number of hydrogen-bond donors (Lipinski definition) is 0.